The molecule has 0 aliphatic heterocycles. The van der Waals surface area contributed by atoms with Gasteiger partial charge in [0.05, 0.1) is 16.7 Å². The van der Waals surface area contributed by atoms with E-state index in [9.17, 15) is 15.2 Å². The quantitative estimate of drug-likeness (QED) is 0.345. The van der Waals surface area contributed by atoms with E-state index in [-0.39, 0.29) is 27.3 Å². The molecule has 0 fully saturated rings. The Morgan fingerprint density at radius 1 is 1.24 bits per heavy atom. The molecule has 2 aromatic rings. The molecule has 0 saturated carbocycles. The first-order chi connectivity index (χ1) is 9.97. The summed E-state index contributed by atoms with van der Waals surface area (Å²) >= 11 is 10.9. The van der Waals surface area contributed by atoms with Gasteiger partial charge >= 0.3 is 0 Å². The van der Waals surface area contributed by atoms with Gasteiger partial charge in [-0.2, -0.15) is 0 Å². The monoisotopic (exact) mass is 323 g/mol. The van der Waals surface area contributed by atoms with Crippen molar-refractivity contribution in [1.29, 1.82) is 0 Å². The van der Waals surface area contributed by atoms with Gasteiger partial charge in [-0.3, -0.25) is 10.1 Å². The molecule has 3 N–H and O–H groups in total. The van der Waals surface area contributed by atoms with Crippen LogP contribution in [-0.4, -0.2) is 15.1 Å². The number of thiocarbonyl (C=S) groups is 1. The Bertz CT molecular complexity index is 695. The summed E-state index contributed by atoms with van der Waals surface area (Å²) in [7, 11) is 0. The van der Waals surface area contributed by atoms with E-state index in [0.717, 1.165) is 11.8 Å². The van der Waals surface area contributed by atoms with Gasteiger partial charge in [0.15, 0.2) is 5.11 Å². The van der Waals surface area contributed by atoms with Crippen molar-refractivity contribution in [3.8, 4) is 5.75 Å². The molecular weight excluding hydrogens is 314 g/mol. The minimum absolute atomic E-state index is 0.0946. The summed E-state index contributed by atoms with van der Waals surface area (Å²) in [5, 5.41) is 26.2. The number of nitro benzene ring substituents is 1. The molecule has 0 saturated heterocycles. The van der Waals surface area contributed by atoms with Crippen molar-refractivity contribution in [2.24, 2.45) is 0 Å². The number of nitrogens with zero attached hydrogens (tertiary/aromatic N) is 1. The lowest BCUT2D eigenvalue weighted by Crippen LogP contribution is -2.19. The van der Waals surface area contributed by atoms with Gasteiger partial charge in [-0.1, -0.05) is 29.8 Å². The number of para-hydroxylation sites is 1. The molecule has 21 heavy (non-hydrogen) atoms. The van der Waals surface area contributed by atoms with Crippen LogP contribution in [0.2, 0.25) is 5.02 Å². The highest BCUT2D eigenvalue weighted by molar-refractivity contribution is 7.80. The maximum Gasteiger partial charge on any atom is 0.291 e. The first kappa shape index (κ1) is 15.0. The van der Waals surface area contributed by atoms with Crippen LogP contribution in [0, 0.1) is 10.1 Å². The summed E-state index contributed by atoms with van der Waals surface area (Å²) in [5.41, 5.74) is 0.572. The summed E-state index contributed by atoms with van der Waals surface area (Å²) in [6.45, 7) is 0. The molecule has 0 bridgehead atoms. The second-order valence-corrected chi connectivity index (χ2v) is 4.84. The van der Waals surface area contributed by atoms with Crippen LogP contribution < -0.4 is 10.6 Å². The lowest BCUT2D eigenvalue weighted by Gasteiger charge is -2.12. The van der Waals surface area contributed by atoms with Crippen LogP contribution in [0.1, 0.15) is 0 Å². The molecule has 8 heteroatoms. The van der Waals surface area contributed by atoms with E-state index in [4.69, 9.17) is 23.8 Å². The molecule has 6 nitrogen and oxygen atoms in total. The lowest BCUT2D eigenvalue weighted by molar-refractivity contribution is -0.384. The van der Waals surface area contributed by atoms with Gasteiger partial charge < -0.3 is 15.7 Å². The van der Waals surface area contributed by atoms with Crippen LogP contribution in [0.15, 0.2) is 42.5 Å². The van der Waals surface area contributed by atoms with Crippen molar-refractivity contribution in [2.45, 2.75) is 0 Å². The number of phenols is 1. The number of phenolic OH excluding ortho intramolecular Hbond substituents is 1. The topological polar surface area (TPSA) is 87.4 Å². The number of nitrogens with one attached hydrogen (secondary N) is 2. The Morgan fingerprint density at radius 3 is 2.52 bits per heavy atom. The Labute approximate surface area is 130 Å². The molecule has 0 amide bonds. The first-order valence-corrected chi connectivity index (χ1v) is 6.56. The zero-order valence-corrected chi connectivity index (χ0v) is 12.1. The van der Waals surface area contributed by atoms with E-state index in [0.29, 0.717) is 0 Å². The SMILES string of the molecule is O=[N+]([O-])c1cc(O)c(NC(=S)Nc2ccccc2)cc1Cl. The van der Waals surface area contributed by atoms with E-state index >= 15 is 0 Å². The summed E-state index contributed by atoms with van der Waals surface area (Å²) < 4.78 is 0. The van der Waals surface area contributed by atoms with E-state index < -0.39 is 4.92 Å². The van der Waals surface area contributed by atoms with Gasteiger partial charge in [0.2, 0.25) is 0 Å². The molecule has 0 heterocycles. The minimum atomic E-state index is -0.674. The van der Waals surface area contributed by atoms with Crippen molar-refractivity contribution in [2.75, 3.05) is 10.6 Å². The number of anilines is 2. The van der Waals surface area contributed by atoms with Crippen LogP contribution in [0.25, 0.3) is 0 Å². The van der Waals surface area contributed by atoms with Crippen LogP contribution in [0.3, 0.4) is 0 Å². The minimum Gasteiger partial charge on any atom is -0.506 e. The first-order valence-electron chi connectivity index (χ1n) is 5.77. The largest absolute Gasteiger partial charge is 0.506 e. The predicted octanol–water partition coefficient (Wildman–Crippen LogP) is 3.76. The summed E-state index contributed by atoms with van der Waals surface area (Å²) in [6.07, 6.45) is 0. The van der Waals surface area contributed by atoms with Gasteiger partial charge in [-0.25, -0.2) is 0 Å². The van der Waals surface area contributed by atoms with Crippen LogP contribution in [0.4, 0.5) is 17.1 Å². The summed E-state index contributed by atoms with van der Waals surface area (Å²) in [6, 6.07) is 11.4. The molecule has 2 aromatic carbocycles. The zero-order chi connectivity index (χ0) is 15.4. The van der Waals surface area contributed by atoms with Gasteiger partial charge in [-0.05, 0) is 30.4 Å². The van der Waals surface area contributed by atoms with Crippen LogP contribution >= 0.6 is 23.8 Å². The highest BCUT2D eigenvalue weighted by Gasteiger charge is 2.17. The maximum atomic E-state index is 10.7. The van der Waals surface area contributed by atoms with Gasteiger partial charge in [0.25, 0.3) is 5.69 Å². The molecule has 0 radical (unpaired) electrons. The Kier molecular flexibility index (Phi) is 4.56. The molecule has 108 valence electrons. The van der Waals surface area contributed by atoms with Crippen molar-refractivity contribution in [3.63, 3.8) is 0 Å². The molecule has 0 spiro atoms. The van der Waals surface area contributed by atoms with Crippen LogP contribution in [0.5, 0.6) is 5.75 Å². The fraction of sp³-hybridized carbons (Fsp3) is 0. The average Bonchev–Trinajstić information content (AvgIpc) is 2.43. The Morgan fingerprint density at radius 2 is 1.90 bits per heavy atom. The van der Waals surface area contributed by atoms with Crippen molar-refractivity contribution in [3.05, 3.63) is 57.6 Å². The lowest BCUT2D eigenvalue weighted by atomic mass is 10.2. The Balaban J connectivity index is 2.14. The molecular formula is C13H10ClN3O3S. The molecule has 2 rings (SSSR count). The standard InChI is InChI=1S/C13H10ClN3O3S/c14-9-6-10(12(18)7-11(9)17(19)20)16-13(21)15-8-4-2-1-3-5-8/h1-7,18H,(H2,15,16,21). The molecule has 0 unspecified atom stereocenters. The predicted molar refractivity (Wildman–Crippen MR) is 86.1 cm³/mol. The number of aromatic hydroxyl groups is 1. The normalized spacial score (nSPS) is 9.95. The number of benzene rings is 2. The number of hydrogen-bond acceptors (Lipinski definition) is 4. The Hall–Kier alpha value is -2.38. The smallest absolute Gasteiger partial charge is 0.291 e. The second-order valence-electron chi connectivity index (χ2n) is 4.02. The fourth-order valence-corrected chi connectivity index (χ4v) is 2.06. The molecule has 0 aromatic heterocycles. The van der Waals surface area contributed by atoms with Gasteiger partial charge in [0, 0.05) is 5.69 Å². The maximum absolute atomic E-state index is 10.7. The van der Waals surface area contributed by atoms with Crippen molar-refractivity contribution < 1.29 is 10.0 Å². The van der Waals surface area contributed by atoms with Gasteiger partial charge in [-0.15, -0.1) is 0 Å². The van der Waals surface area contributed by atoms with Crippen molar-refractivity contribution >= 4 is 46.0 Å². The average molecular weight is 324 g/mol. The van der Waals surface area contributed by atoms with Gasteiger partial charge in [0.1, 0.15) is 10.8 Å². The summed E-state index contributed by atoms with van der Waals surface area (Å²) in [5.74, 6) is -0.316. The van der Waals surface area contributed by atoms with E-state index in [1.54, 1.807) is 0 Å². The zero-order valence-electron chi connectivity index (χ0n) is 10.5. The third kappa shape index (κ3) is 3.80. The van der Waals surface area contributed by atoms with E-state index in [2.05, 4.69) is 10.6 Å². The third-order valence-corrected chi connectivity index (χ3v) is 3.05. The number of nitro groups is 1. The number of halogens is 1. The molecule has 0 atom stereocenters. The summed E-state index contributed by atoms with van der Waals surface area (Å²) in [4.78, 5) is 10.0. The van der Waals surface area contributed by atoms with Crippen LogP contribution in [-0.2, 0) is 0 Å². The van der Waals surface area contributed by atoms with E-state index in [1.165, 1.54) is 6.07 Å². The second kappa shape index (κ2) is 6.38. The third-order valence-electron chi connectivity index (χ3n) is 2.54. The molecule has 0 aliphatic rings. The van der Waals surface area contributed by atoms with E-state index in [1.807, 2.05) is 30.3 Å². The molecule has 0 aliphatic carbocycles. The number of rotatable bonds is 3. The highest BCUT2D eigenvalue weighted by Crippen LogP contribution is 2.35. The fourth-order valence-electron chi connectivity index (χ4n) is 1.60. The highest BCUT2D eigenvalue weighted by atomic mass is 35.5. The van der Waals surface area contributed by atoms with Crippen molar-refractivity contribution in [1.82, 2.24) is 0 Å². The number of hydrogen-bond donors (Lipinski definition) is 3.